The van der Waals surface area contributed by atoms with Crippen molar-refractivity contribution in [2.75, 3.05) is 11.1 Å². The first-order valence-electron chi connectivity index (χ1n) is 8.11. The molecule has 3 aromatic rings. The number of benzene rings is 2. The Kier molecular flexibility index (Phi) is 6.10. The highest BCUT2D eigenvalue weighted by molar-refractivity contribution is 9.10. The lowest BCUT2D eigenvalue weighted by Gasteiger charge is -2.09. The van der Waals surface area contributed by atoms with Crippen molar-refractivity contribution in [1.29, 1.82) is 0 Å². The van der Waals surface area contributed by atoms with Gasteiger partial charge in [-0.3, -0.25) is 14.9 Å². The first-order chi connectivity index (χ1) is 13.3. The summed E-state index contributed by atoms with van der Waals surface area (Å²) in [5, 5.41) is 22.0. The highest BCUT2D eigenvalue weighted by Gasteiger charge is 2.19. The van der Waals surface area contributed by atoms with E-state index >= 15 is 0 Å². The van der Waals surface area contributed by atoms with Gasteiger partial charge in [-0.1, -0.05) is 39.8 Å². The van der Waals surface area contributed by atoms with Crippen LogP contribution >= 0.6 is 27.7 Å². The van der Waals surface area contributed by atoms with Gasteiger partial charge in [-0.05, 0) is 43.2 Å². The molecule has 3 rings (SSSR count). The number of aryl methyl sites for hydroxylation is 2. The fourth-order valence-electron chi connectivity index (χ4n) is 2.56. The number of nitro benzene ring substituents is 1. The van der Waals surface area contributed by atoms with Crippen LogP contribution in [0.25, 0.3) is 11.5 Å². The van der Waals surface area contributed by atoms with Crippen molar-refractivity contribution in [1.82, 2.24) is 10.2 Å². The predicted molar refractivity (Wildman–Crippen MR) is 109 cm³/mol. The zero-order valence-electron chi connectivity index (χ0n) is 14.9. The molecule has 2 aromatic carbocycles. The SMILES string of the molecule is Cc1cc(C)c(NC(=O)CSc2nnc(-c3cccc(Br)c3)o2)c([N+](=O)[O-])c1. The summed E-state index contributed by atoms with van der Waals surface area (Å²) in [5.41, 5.74) is 2.19. The molecule has 0 unspecified atom stereocenters. The van der Waals surface area contributed by atoms with Crippen LogP contribution in [0.1, 0.15) is 11.1 Å². The number of nitro groups is 1. The summed E-state index contributed by atoms with van der Waals surface area (Å²) in [6, 6.07) is 10.6. The van der Waals surface area contributed by atoms with Crippen LogP contribution in [-0.4, -0.2) is 26.8 Å². The molecule has 1 heterocycles. The summed E-state index contributed by atoms with van der Waals surface area (Å²) in [7, 11) is 0. The van der Waals surface area contributed by atoms with Gasteiger partial charge in [0.15, 0.2) is 0 Å². The van der Waals surface area contributed by atoms with Crippen LogP contribution in [0.15, 0.2) is 50.5 Å². The second-order valence-electron chi connectivity index (χ2n) is 5.95. The maximum atomic E-state index is 12.3. The largest absolute Gasteiger partial charge is 0.411 e. The third-order valence-corrected chi connectivity index (χ3v) is 5.04. The fourth-order valence-corrected chi connectivity index (χ4v) is 3.52. The summed E-state index contributed by atoms with van der Waals surface area (Å²) in [4.78, 5) is 23.0. The smallest absolute Gasteiger partial charge is 0.293 e. The molecule has 0 saturated heterocycles. The normalized spacial score (nSPS) is 10.7. The van der Waals surface area contributed by atoms with E-state index in [9.17, 15) is 14.9 Å². The van der Waals surface area contributed by atoms with Crippen LogP contribution in [0.5, 0.6) is 0 Å². The van der Waals surface area contributed by atoms with Crippen molar-refractivity contribution in [3.8, 4) is 11.5 Å². The minimum Gasteiger partial charge on any atom is -0.411 e. The molecule has 1 amide bonds. The van der Waals surface area contributed by atoms with Gasteiger partial charge in [-0.15, -0.1) is 10.2 Å². The van der Waals surface area contributed by atoms with Gasteiger partial charge in [0, 0.05) is 16.1 Å². The highest BCUT2D eigenvalue weighted by Crippen LogP contribution is 2.30. The van der Waals surface area contributed by atoms with Gasteiger partial charge in [-0.25, -0.2) is 0 Å². The second-order valence-corrected chi connectivity index (χ2v) is 7.80. The molecule has 10 heteroatoms. The van der Waals surface area contributed by atoms with Crippen molar-refractivity contribution in [2.45, 2.75) is 19.1 Å². The average Bonchev–Trinajstić information content (AvgIpc) is 3.11. The van der Waals surface area contributed by atoms with Gasteiger partial charge in [0.25, 0.3) is 10.9 Å². The lowest BCUT2D eigenvalue weighted by atomic mass is 10.1. The summed E-state index contributed by atoms with van der Waals surface area (Å²) < 4.78 is 6.44. The number of carbonyl (C=O) groups excluding carboxylic acids is 1. The van der Waals surface area contributed by atoms with E-state index in [4.69, 9.17) is 4.42 Å². The van der Waals surface area contributed by atoms with Crippen LogP contribution in [0.2, 0.25) is 0 Å². The van der Waals surface area contributed by atoms with Crippen LogP contribution in [0, 0.1) is 24.0 Å². The van der Waals surface area contributed by atoms with Gasteiger partial charge >= 0.3 is 0 Å². The molecule has 8 nitrogen and oxygen atoms in total. The minimum absolute atomic E-state index is 0.0232. The lowest BCUT2D eigenvalue weighted by molar-refractivity contribution is -0.384. The van der Waals surface area contributed by atoms with Crippen LogP contribution in [-0.2, 0) is 4.79 Å². The molecule has 0 bridgehead atoms. The van der Waals surface area contributed by atoms with Crippen LogP contribution in [0.4, 0.5) is 11.4 Å². The first-order valence-corrected chi connectivity index (χ1v) is 9.89. The fraction of sp³-hybridized carbons (Fsp3) is 0.167. The van der Waals surface area contributed by atoms with Gasteiger partial charge in [0.2, 0.25) is 11.8 Å². The number of rotatable bonds is 6. The monoisotopic (exact) mass is 462 g/mol. The zero-order valence-corrected chi connectivity index (χ0v) is 17.3. The van der Waals surface area contributed by atoms with Gasteiger partial charge in [-0.2, -0.15) is 0 Å². The van der Waals surface area contributed by atoms with Gasteiger partial charge < -0.3 is 9.73 Å². The van der Waals surface area contributed by atoms with E-state index in [1.165, 1.54) is 6.07 Å². The summed E-state index contributed by atoms with van der Waals surface area (Å²) in [5.74, 6) is -0.0820. The third-order valence-electron chi connectivity index (χ3n) is 3.72. The molecule has 0 atom stereocenters. The van der Waals surface area contributed by atoms with Gasteiger partial charge in [0.1, 0.15) is 5.69 Å². The summed E-state index contributed by atoms with van der Waals surface area (Å²) >= 11 is 4.43. The van der Waals surface area contributed by atoms with E-state index < -0.39 is 10.8 Å². The molecule has 0 aliphatic rings. The molecule has 0 aliphatic heterocycles. The van der Waals surface area contributed by atoms with E-state index in [1.807, 2.05) is 24.3 Å². The van der Waals surface area contributed by atoms with Crippen molar-refractivity contribution in [2.24, 2.45) is 0 Å². The third kappa shape index (κ3) is 4.76. The van der Waals surface area contributed by atoms with Crippen molar-refractivity contribution in [3.63, 3.8) is 0 Å². The minimum atomic E-state index is -0.509. The molecule has 1 aromatic heterocycles. The number of amides is 1. The maximum absolute atomic E-state index is 12.3. The van der Waals surface area contributed by atoms with Crippen molar-refractivity contribution in [3.05, 3.63) is 62.1 Å². The maximum Gasteiger partial charge on any atom is 0.293 e. The molecule has 0 fully saturated rings. The first kappa shape index (κ1) is 20.0. The Bertz CT molecular complexity index is 1050. The number of anilines is 1. The van der Waals surface area contributed by atoms with Crippen LogP contribution in [0.3, 0.4) is 0 Å². The number of hydrogen-bond acceptors (Lipinski definition) is 7. The topological polar surface area (TPSA) is 111 Å². The molecule has 0 radical (unpaired) electrons. The number of halogens is 1. The molecule has 0 spiro atoms. The molecule has 144 valence electrons. The van der Waals surface area contributed by atoms with Crippen molar-refractivity contribution < 1.29 is 14.1 Å². The number of aromatic nitrogens is 2. The summed E-state index contributed by atoms with van der Waals surface area (Å²) in [6.07, 6.45) is 0. The highest BCUT2D eigenvalue weighted by atomic mass is 79.9. The molecule has 28 heavy (non-hydrogen) atoms. The van der Waals surface area contributed by atoms with E-state index in [2.05, 4.69) is 31.4 Å². The van der Waals surface area contributed by atoms with E-state index in [1.54, 1.807) is 19.9 Å². The molecule has 1 N–H and O–H groups in total. The van der Waals surface area contributed by atoms with E-state index in [0.717, 1.165) is 27.4 Å². The molecule has 0 aliphatic carbocycles. The Morgan fingerprint density at radius 3 is 2.79 bits per heavy atom. The number of nitrogens with one attached hydrogen (secondary N) is 1. The number of nitrogens with zero attached hydrogens (tertiary/aromatic N) is 3. The standard InChI is InChI=1S/C18H15BrN4O4S/c1-10-6-11(2)16(14(7-10)23(25)26)20-15(24)9-28-18-22-21-17(27-18)12-4-3-5-13(19)8-12/h3-8H,9H2,1-2H3,(H,20,24). The van der Waals surface area contributed by atoms with Crippen molar-refractivity contribution >= 4 is 45.0 Å². The molecule has 0 saturated carbocycles. The van der Waals surface area contributed by atoms with Gasteiger partial charge in [0.05, 0.1) is 10.7 Å². The van der Waals surface area contributed by atoms with E-state index in [0.29, 0.717) is 11.5 Å². The average molecular weight is 463 g/mol. The Labute approximate surface area is 173 Å². The Morgan fingerprint density at radius 2 is 2.07 bits per heavy atom. The number of thioether (sulfide) groups is 1. The van der Waals surface area contributed by atoms with E-state index in [-0.39, 0.29) is 22.4 Å². The lowest BCUT2D eigenvalue weighted by Crippen LogP contribution is -2.16. The zero-order chi connectivity index (χ0) is 20.3. The second kappa shape index (κ2) is 8.53. The Morgan fingerprint density at radius 1 is 1.29 bits per heavy atom. The predicted octanol–water partition coefficient (Wildman–Crippen LogP) is 4.75. The quantitative estimate of drug-likeness (QED) is 0.319. The van der Waals surface area contributed by atoms with Crippen LogP contribution < -0.4 is 5.32 Å². The molecular weight excluding hydrogens is 448 g/mol. The summed E-state index contributed by atoms with van der Waals surface area (Å²) in [6.45, 7) is 3.48. The number of carbonyl (C=O) groups is 1. The molecular formula is C18H15BrN4O4S. The Hall–Kier alpha value is -2.72. The Balaban J connectivity index is 1.67. The number of hydrogen-bond donors (Lipinski definition) is 1.